The zero-order valence-electron chi connectivity index (χ0n) is 9.77. The molecule has 0 atom stereocenters. The number of hydrogen-bond donors (Lipinski definition) is 2. The second-order valence-corrected chi connectivity index (χ2v) is 3.76. The first-order valence-corrected chi connectivity index (χ1v) is 5.20. The predicted molar refractivity (Wildman–Crippen MR) is 65.5 cm³/mol. The number of amidine groups is 1. The number of aryl methyl sites for hydroxylation is 2. The van der Waals surface area contributed by atoms with Gasteiger partial charge in [-0.3, -0.25) is 5.41 Å². The van der Waals surface area contributed by atoms with Crippen molar-refractivity contribution in [2.75, 3.05) is 0 Å². The minimum atomic E-state index is -0.0144. The third-order valence-electron chi connectivity index (χ3n) is 2.35. The van der Waals surface area contributed by atoms with Crippen LogP contribution >= 0.6 is 0 Å². The molecule has 0 saturated heterocycles. The van der Waals surface area contributed by atoms with Gasteiger partial charge in [-0.05, 0) is 19.1 Å². The van der Waals surface area contributed by atoms with Crippen molar-refractivity contribution in [2.45, 2.75) is 6.92 Å². The third kappa shape index (κ3) is 2.28. The van der Waals surface area contributed by atoms with E-state index in [1.54, 1.807) is 23.9 Å². The van der Waals surface area contributed by atoms with E-state index in [2.05, 4.69) is 5.10 Å². The van der Waals surface area contributed by atoms with Crippen LogP contribution in [-0.4, -0.2) is 15.6 Å². The van der Waals surface area contributed by atoms with E-state index in [1.807, 2.05) is 25.1 Å². The molecule has 0 radical (unpaired) electrons. The molecule has 0 aliphatic carbocycles. The van der Waals surface area contributed by atoms with Gasteiger partial charge in [0.25, 0.3) is 0 Å². The Morgan fingerprint density at radius 3 is 2.71 bits per heavy atom. The Morgan fingerprint density at radius 2 is 2.12 bits per heavy atom. The summed E-state index contributed by atoms with van der Waals surface area (Å²) in [6, 6.07) is 9.01. The number of aromatic nitrogens is 2. The highest BCUT2D eigenvalue weighted by Crippen LogP contribution is 2.24. The molecular formula is C12H14N4O. The van der Waals surface area contributed by atoms with Crippen LogP contribution in [-0.2, 0) is 7.05 Å². The average molecular weight is 230 g/mol. The van der Waals surface area contributed by atoms with Gasteiger partial charge >= 0.3 is 0 Å². The van der Waals surface area contributed by atoms with Crippen molar-refractivity contribution >= 4 is 5.84 Å². The molecule has 1 heterocycles. The summed E-state index contributed by atoms with van der Waals surface area (Å²) >= 11 is 0. The van der Waals surface area contributed by atoms with Crippen LogP contribution in [0.1, 0.15) is 11.3 Å². The van der Waals surface area contributed by atoms with Gasteiger partial charge in [-0.15, -0.1) is 0 Å². The molecule has 0 saturated carbocycles. The van der Waals surface area contributed by atoms with Gasteiger partial charge in [0.1, 0.15) is 11.6 Å². The molecule has 0 aliphatic rings. The lowest BCUT2D eigenvalue weighted by molar-refractivity contribution is 0.430. The van der Waals surface area contributed by atoms with Crippen LogP contribution in [0.25, 0.3) is 0 Å². The molecule has 0 fully saturated rings. The van der Waals surface area contributed by atoms with Crippen molar-refractivity contribution in [1.82, 2.24) is 9.78 Å². The lowest BCUT2D eigenvalue weighted by atomic mass is 10.2. The molecule has 0 unspecified atom stereocenters. The Kier molecular flexibility index (Phi) is 2.82. The zero-order valence-corrected chi connectivity index (χ0v) is 9.77. The zero-order chi connectivity index (χ0) is 12.4. The van der Waals surface area contributed by atoms with E-state index in [4.69, 9.17) is 15.9 Å². The second kappa shape index (κ2) is 4.29. The highest BCUT2D eigenvalue weighted by atomic mass is 16.5. The van der Waals surface area contributed by atoms with Crippen molar-refractivity contribution < 1.29 is 4.74 Å². The molecule has 2 rings (SSSR count). The smallest absolute Gasteiger partial charge is 0.217 e. The van der Waals surface area contributed by atoms with Crippen LogP contribution in [0.2, 0.25) is 0 Å². The number of hydrogen-bond acceptors (Lipinski definition) is 3. The van der Waals surface area contributed by atoms with E-state index in [1.165, 1.54) is 0 Å². The Labute approximate surface area is 99.3 Å². The van der Waals surface area contributed by atoms with Crippen molar-refractivity contribution in [1.29, 1.82) is 5.41 Å². The fourth-order valence-corrected chi connectivity index (χ4v) is 1.57. The number of nitrogens with two attached hydrogens (primary N) is 1. The number of nitrogens with one attached hydrogen (secondary N) is 1. The fourth-order valence-electron chi connectivity index (χ4n) is 1.57. The van der Waals surface area contributed by atoms with Crippen LogP contribution in [0, 0.1) is 12.3 Å². The van der Waals surface area contributed by atoms with E-state index in [0.717, 1.165) is 5.69 Å². The maximum Gasteiger partial charge on any atom is 0.217 e. The predicted octanol–water partition coefficient (Wildman–Crippen LogP) is 1.80. The van der Waals surface area contributed by atoms with Crippen LogP contribution in [0.4, 0.5) is 0 Å². The molecule has 3 N–H and O–H groups in total. The van der Waals surface area contributed by atoms with Crippen LogP contribution in [0.15, 0.2) is 30.3 Å². The van der Waals surface area contributed by atoms with Gasteiger partial charge in [-0.2, -0.15) is 5.10 Å². The minimum absolute atomic E-state index is 0.0144. The summed E-state index contributed by atoms with van der Waals surface area (Å²) in [5.41, 5.74) is 6.95. The molecule has 17 heavy (non-hydrogen) atoms. The molecule has 88 valence electrons. The highest BCUT2D eigenvalue weighted by molar-refractivity contribution is 5.97. The molecule has 0 bridgehead atoms. The van der Waals surface area contributed by atoms with Crippen molar-refractivity contribution in [2.24, 2.45) is 12.8 Å². The number of nitrogens with zero attached hydrogens (tertiary/aromatic N) is 2. The SMILES string of the molecule is Cc1cc(Oc2ccccc2C(=N)N)n(C)n1. The van der Waals surface area contributed by atoms with Crippen molar-refractivity contribution in [3.8, 4) is 11.6 Å². The number of nitrogen functional groups attached to an aromatic ring is 1. The molecule has 2 aromatic rings. The molecule has 1 aromatic heterocycles. The van der Waals surface area contributed by atoms with Crippen molar-refractivity contribution in [3.05, 3.63) is 41.6 Å². The maximum absolute atomic E-state index is 7.48. The van der Waals surface area contributed by atoms with Gasteiger partial charge in [0.05, 0.1) is 11.3 Å². The first-order valence-electron chi connectivity index (χ1n) is 5.20. The van der Waals surface area contributed by atoms with Gasteiger partial charge in [-0.25, -0.2) is 4.68 Å². The normalized spacial score (nSPS) is 10.2. The Hall–Kier alpha value is -2.30. The molecule has 5 heteroatoms. The summed E-state index contributed by atoms with van der Waals surface area (Å²) in [5.74, 6) is 1.17. The second-order valence-electron chi connectivity index (χ2n) is 3.76. The van der Waals surface area contributed by atoms with Gasteiger partial charge in [0.15, 0.2) is 0 Å². The molecule has 0 spiro atoms. The largest absolute Gasteiger partial charge is 0.439 e. The number of benzene rings is 1. The van der Waals surface area contributed by atoms with Gasteiger partial charge in [0, 0.05) is 13.1 Å². The van der Waals surface area contributed by atoms with Crippen LogP contribution < -0.4 is 10.5 Å². The summed E-state index contributed by atoms with van der Waals surface area (Å²) in [6.45, 7) is 1.89. The first-order chi connectivity index (χ1) is 8.08. The third-order valence-corrected chi connectivity index (χ3v) is 2.35. The summed E-state index contributed by atoms with van der Waals surface area (Å²) in [5, 5.41) is 11.7. The van der Waals surface area contributed by atoms with Gasteiger partial charge < -0.3 is 10.5 Å². The Morgan fingerprint density at radius 1 is 1.41 bits per heavy atom. The standard InChI is InChI=1S/C12H14N4O/c1-8-7-11(16(2)15-8)17-10-6-4-3-5-9(10)12(13)14/h3-7H,1-2H3,(H3,13,14). The lowest BCUT2D eigenvalue weighted by Gasteiger charge is -2.09. The summed E-state index contributed by atoms with van der Waals surface area (Å²) in [7, 11) is 1.80. The van der Waals surface area contributed by atoms with E-state index in [-0.39, 0.29) is 5.84 Å². The quantitative estimate of drug-likeness (QED) is 0.623. The molecule has 1 aromatic carbocycles. The highest BCUT2D eigenvalue weighted by Gasteiger charge is 2.09. The summed E-state index contributed by atoms with van der Waals surface area (Å²) < 4.78 is 7.35. The molecule has 5 nitrogen and oxygen atoms in total. The Balaban J connectivity index is 2.36. The topological polar surface area (TPSA) is 76.9 Å². The number of ether oxygens (including phenoxy) is 1. The summed E-state index contributed by atoms with van der Waals surface area (Å²) in [6.07, 6.45) is 0. The minimum Gasteiger partial charge on any atom is -0.439 e. The molecule has 0 aliphatic heterocycles. The maximum atomic E-state index is 7.48. The fraction of sp³-hybridized carbons (Fsp3) is 0.167. The molecule has 0 amide bonds. The monoisotopic (exact) mass is 230 g/mol. The van der Waals surface area contributed by atoms with E-state index in [9.17, 15) is 0 Å². The summed E-state index contributed by atoms with van der Waals surface area (Å²) in [4.78, 5) is 0. The van der Waals surface area contributed by atoms with Crippen molar-refractivity contribution in [3.63, 3.8) is 0 Å². The number of rotatable bonds is 3. The van der Waals surface area contributed by atoms with E-state index < -0.39 is 0 Å². The van der Waals surface area contributed by atoms with E-state index in [0.29, 0.717) is 17.2 Å². The van der Waals surface area contributed by atoms with Gasteiger partial charge in [-0.1, -0.05) is 12.1 Å². The lowest BCUT2D eigenvalue weighted by Crippen LogP contribution is -2.12. The van der Waals surface area contributed by atoms with Gasteiger partial charge in [0.2, 0.25) is 5.88 Å². The first kappa shape index (κ1) is 11.2. The molecular weight excluding hydrogens is 216 g/mol. The Bertz CT molecular complexity index is 559. The van der Waals surface area contributed by atoms with E-state index >= 15 is 0 Å². The van der Waals surface area contributed by atoms with Crippen LogP contribution in [0.3, 0.4) is 0 Å². The van der Waals surface area contributed by atoms with Crippen LogP contribution in [0.5, 0.6) is 11.6 Å². The average Bonchev–Trinajstić information content (AvgIpc) is 2.58. The number of para-hydroxylation sites is 1.